The summed E-state index contributed by atoms with van der Waals surface area (Å²) in [5.41, 5.74) is 1.23. The van der Waals surface area contributed by atoms with Crippen LogP contribution in [0.25, 0.3) is 0 Å². The van der Waals surface area contributed by atoms with Gasteiger partial charge in [-0.25, -0.2) is 4.79 Å². The molecule has 0 radical (unpaired) electrons. The first-order valence-electron chi connectivity index (χ1n) is 9.20. The van der Waals surface area contributed by atoms with Gasteiger partial charge in [0.15, 0.2) is 12.4 Å². The Morgan fingerprint density at radius 3 is 2.40 bits per heavy atom. The molecule has 8 heteroatoms. The molecule has 154 valence electrons. The Hall–Kier alpha value is -4.07. The Morgan fingerprint density at radius 1 is 0.933 bits per heavy atom. The molecule has 0 aliphatic rings. The molecule has 0 spiro atoms. The summed E-state index contributed by atoms with van der Waals surface area (Å²) < 4.78 is 15.5. The van der Waals surface area contributed by atoms with E-state index in [9.17, 15) is 14.4 Å². The van der Waals surface area contributed by atoms with E-state index < -0.39 is 24.4 Å². The van der Waals surface area contributed by atoms with Crippen LogP contribution in [0.1, 0.15) is 27.8 Å². The monoisotopic (exact) mass is 408 g/mol. The minimum absolute atomic E-state index is 0.176. The third-order valence-electron chi connectivity index (χ3n) is 3.92. The Bertz CT molecular complexity index is 1010. The van der Waals surface area contributed by atoms with Crippen LogP contribution in [-0.4, -0.2) is 31.0 Å². The number of nitrogens with one attached hydrogen (secondary N) is 2. The van der Waals surface area contributed by atoms with Crippen molar-refractivity contribution in [2.45, 2.75) is 6.92 Å². The number of hydrogen-bond donors (Lipinski definition) is 2. The Balaban J connectivity index is 1.51. The summed E-state index contributed by atoms with van der Waals surface area (Å²) in [5, 5.41) is 5.29. The average molecular weight is 408 g/mol. The van der Waals surface area contributed by atoms with Crippen LogP contribution in [0.4, 0.5) is 11.4 Å². The van der Waals surface area contributed by atoms with Crippen LogP contribution >= 0.6 is 0 Å². The number of amides is 2. The van der Waals surface area contributed by atoms with Crippen LogP contribution in [0.5, 0.6) is 5.75 Å². The Kier molecular flexibility index (Phi) is 6.83. The largest absolute Gasteiger partial charge is 0.492 e. The van der Waals surface area contributed by atoms with E-state index in [-0.39, 0.29) is 11.3 Å². The van der Waals surface area contributed by atoms with Crippen molar-refractivity contribution >= 4 is 29.2 Å². The number of carbonyl (C=O) groups is 3. The summed E-state index contributed by atoms with van der Waals surface area (Å²) in [5.74, 6) is -0.841. The van der Waals surface area contributed by atoms with Gasteiger partial charge in [-0.1, -0.05) is 12.1 Å². The molecule has 0 fully saturated rings. The number of esters is 1. The molecular weight excluding hydrogens is 388 g/mol. The van der Waals surface area contributed by atoms with Crippen LogP contribution in [0.15, 0.2) is 71.3 Å². The van der Waals surface area contributed by atoms with Crippen molar-refractivity contribution in [1.82, 2.24) is 0 Å². The van der Waals surface area contributed by atoms with E-state index in [4.69, 9.17) is 13.9 Å². The van der Waals surface area contributed by atoms with E-state index in [1.165, 1.54) is 18.4 Å². The predicted molar refractivity (Wildman–Crippen MR) is 110 cm³/mol. The fourth-order valence-corrected chi connectivity index (χ4v) is 2.54. The number of ether oxygens (including phenoxy) is 2. The highest BCUT2D eigenvalue weighted by Crippen LogP contribution is 2.23. The standard InChI is InChI=1S/C22H20N2O6/c1-2-28-18-7-4-3-6-17(18)24-20(25)14-30-22(27)15-9-11-16(12-10-15)23-21(26)19-8-5-13-29-19/h3-13H,2,14H2,1H3,(H,23,26)(H,24,25). The van der Waals surface area contributed by atoms with Crippen molar-refractivity contribution in [3.8, 4) is 5.75 Å². The fraction of sp³-hybridized carbons (Fsp3) is 0.136. The Morgan fingerprint density at radius 2 is 1.70 bits per heavy atom. The second kappa shape index (κ2) is 9.92. The normalized spacial score (nSPS) is 10.2. The maximum absolute atomic E-state index is 12.2. The van der Waals surface area contributed by atoms with Crippen LogP contribution in [-0.2, 0) is 9.53 Å². The summed E-state index contributed by atoms with van der Waals surface area (Å²) in [6.45, 7) is 1.85. The zero-order valence-electron chi connectivity index (χ0n) is 16.2. The molecule has 2 N–H and O–H groups in total. The molecule has 30 heavy (non-hydrogen) atoms. The van der Waals surface area contributed by atoms with Gasteiger partial charge in [-0.05, 0) is 55.5 Å². The maximum atomic E-state index is 12.2. The predicted octanol–water partition coefficient (Wildman–Crippen LogP) is 3.73. The fourth-order valence-electron chi connectivity index (χ4n) is 2.54. The van der Waals surface area contributed by atoms with Gasteiger partial charge in [-0.3, -0.25) is 9.59 Å². The quantitative estimate of drug-likeness (QED) is 0.550. The highest BCUT2D eigenvalue weighted by molar-refractivity contribution is 6.02. The number of furan rings is 1. The molecule has 1 heterocycles. The summed E-state index contributed by atoms with van der Waals surface area (Å²) in [6, 6.07) is 16.2. The topological polar surface area (TPSA) is 107 Å². The molecule has 0 atom stereocenters. The van der Waals surface area contributed by atoms with Crippen LogP contribution < -0.4 is 15.4 Å². The first-order valence-corrected chi connectivity index (χ1v) is 9.20. The highest BCUT2D eigenvalue weighted by atomic mass is 16.5. The zero-order valence-corrected chi connectivity index (χ0v) is 16.2. The molecular formula is C22H20N2O6. The first-order chi connectivity index (χ1) is 14.6. The number of anilines is 2. The smallest absolute Gasteiger partial charge is 0.338 e. The van der Waals surface area contributed by atoms with Crippen molar-refractivity contribution in [2.24, 2.45) is 0 Å². The van der Waals surface area contributed by atoms with Crippen LogP contribution in [0.2, 0.25) is 0 Å². The molecule has 3 rings (SSSR count). The van der Waals surface area contributed by atoms with Gasteiger partial charge in [0.05, 0.1) is 24.1 Å². The molecule has 0 saturated carbocycles. The highest BCUT2D eigenvalue weighted by Gasteiger charge is 2.13. The Labute approximate surface area is 172 Å². The summed E-state index contributed by atoms with van der Waals surface area (Å²) >= 11 is 0. The van der Waals surface area contributed by atoms with Crippen molar-refractivity contribution in [1.29, 1.82) is 0 Å². The molecule has 0 bridgehead atoms. The van der Waals surface area contributed by atoms with E-state index in [2.05, 4.69) is 10.6 Å². The van der Waals surface area contributed by atoms with Gasteiger partial charge in [-0.2, -0.15) is 0 Å². The number of para-hydroxylation sites is 2. The van der Waals surface area contributed by atoms with Gasteiger partial charge in [0.25, 0.3) is 11.8 Å². The third-order valence-corrected chi connectivity index (χ3v) is 3.92. The molecule has 0 aliphatic heterocycles. The van der Waals surface area contributed by atoms with Crippen molar-refractivity contribution < 1.29 is 28.3 Å². The lowest BCUT2D eigenvalue weighted by molar-refractivity contribution is -0.119. The van der Waals surface area contributed by atoms with E-state index in [1.54, 1.807) is 48.5 Å². The average Bonchev–Trinajstić information content (AvgIpc) is 3.29. The summed E-state index contributed by atoms with van der Waals surface area (Å²) in [7, 11) is 0. The van der Waals surface area contributed by atoms with E-state index in [0.717, 1.165) is 0 Å². The maximum Gasteiger partial charge on any atom is 0.338 e. The number of hydrogen-bond acceptors (Lipinski definition) is 6. The molecule has 0 unspecified atom stereocenters. The lowest BCUT2D eigenvalue weighted by Crippen LogP contribution is -2.21. The number of rotatable bonds is 8. The van der Waals surface area contributed by atoms with Gasteiger partial charge >= 0.3 is 5.97 Å². The molecule has 1 aromatic heterocycles. The third kappa shape index (κ3) is 5.48. The van der Waals surface area contributed by atoms with Crippen molar-refractivity contribution in [3.63, 3.8) is 0 Å². The van der Waals surface area contributed by atoms with Crippen molar-refractivity contribution in [3.05, 3.63) is 78.3 Å². The summed E-state index contributed by atoms with van der Waals surface area (Å²) in [4.78, 5) is 36.2. The minimum Gasteiger partial charge on any atom is -0.492 e. The van der Waals surface area contributed by atoms with E-state index in [0.29, 0.717) is 23.7 Å². The van der Waals surface area contributed by atoms with Crippen LogP contribution in [0, 0.1) is 0 Å². The SMILES string of the molecule is CCOc1ccccc1NC(=O)COC(=O)c1ccc(NC(=O)c2ccco2)cc1. The first kappa shape index (κ1) is 20.7. The zero-order chi connectivity index (χ0) is 21.3. The van der Waals surface area contributed by atoms with Gasteiger partial charge in [0.2, 0.25) is 0 Å². The van der Waals surface area contributed by atoms with Crippen LogP contribution in [0.3, 0.4) is 0 Å². The second-order valence-corrected chi connectivity index (χ2v) is 6.06. The van der Waals surface area contributed by atoms with E-state index in [1.807, 2.05) is 6.92 Å². The molecule has 3 aromatic rings. The molecule has 0 saturated heterocycles. The molecule has 2 amide bonds. The molecule has 8 nitrogen and oxygen atoms in total. The van der Waals surface area contributed by atoms with E-state index >= 15 is 0 Å². The lowest BCUT2D eigenvalue weighted by atomic mass is 10.2. The second-order valence-electron chi connectivity index (χ2n) is 6.06. The van der Waals surface area contributed by atoms with Gasteiger partial charge in [-0.15, -0.1) is 0 Å². The minimum atomic E-state index is -0.660. The number of carbonyl (C=O) groups excluding carboxylic acids is 3. The number of benzene rings is 2. The van der Waals surface area contributed by atoms with Crippen molar-refractivity contribution in [2.75, 3.05) is 23.8 Å². The van der Waals surface area contributed by atoms with Gasteiger partial charge in [0, 0.05) is 5.69 Å². The van der Waals surface area contributed by atoms with Gasteiger partial charge in [0.1, 0.15) is 5.75 Å². The molecule has 0 aliphatic carbocycles. The lowest BCUT2D eigenvalue weighted by Gasteiger charge is -2.11. The molecule has 2 aromatic carbocycles. The summed E-state index contributed by atoms with van der Waals surface area (Å²) in [6.07, 6.45) is 1.40. The van der Waals surface area contributed by atoms with Gasteiger partial charge < -0.3 is 24.5 Å².